The highest BCUT2D eigenvalue weighted by Gasteiger charge is 2.28. The van der Waals surface area contributed by atoms with Gasteiger partial charge in [-0.15, -0.1) is 24.8 Å². The molecule has 5 nitrogen and oxygen atoms in total. The Morgan fingerprint density at radius 2 is 2.20 bits per heavy atom. The number of ether oxygens (including phenoxy) is 1. The second kappa shape index (κ2) is 9.79. The van der Waals surface area contributed by atoms with Gasteiger partial charge in [-0.2, -0.15) is 0 Å². The molecule has 2 aliphatic heterocycles. The average Bonchev–Trinajstić information content (AvgIpc) is 2.39. The molecule has 2 saturated heterocycles. The summed E-state index contributed by atoms with van der Waals surface area (Å²) >= 11 is 0. The number of hydrogen-bond donors (Lipinski definition) is 2. The zero-order valence-corrected chi connectivity index (χ0v) is 13.9. The number of nitrogens with one attached hydrogen (secondary N) is 2. The number of carbonyl (C=O) groups is 1. The lowest BCUT2D eigenvalue weighted by atomic mass is 10.0. The van der Waals surface area contributed by atoms with Crippen LogP contribution >= 0.6 is 24.8 Å². The minimum absolute atomic E-state index is 0. The van der Waals surface area contributed by atoms with Crippen molar-refractivity contribution in [2.75, 3.05) is 32.8 Å². The van der Waals surface area contributed by atoms with Crippen molar-refractivity contribution in [2.45, 2.75) is 44.9 Å². The molecule has 2 N–H and O–H groups in total. The predicted octanol–water partition coefficient (Wildman–Crippen LogP) is 0.807. The third kappa shape index (κ3) is 5.74. The number of rotatable bonds is 3. The van der Waals surface area contributed by atoms with Crippen molar-refractivity contribution in [2.24, 2.45) is 0 Å². The molecular weight excluding hydrogens is 301 g/mol. The molecule has 2 rings (SSSR count). The molecule has 3 atom stereocenters. The summed E-state index contributed by atoms with van der Waals surface area (Å²) in [5, 5.41) is 6.52. The topological polar surface area (TPSA) is 53.6 Å². The van der Waals surface area contributed by atoms with Crippen LogP contribution in [0.25, 0.3) is 0 Å². The monoisotopic (exact) mass is 327 g/mol. The van der Waals surface area contributed by atoms with Crippen LogP contribution in [0.3, 0.4) is 0 Å². The van der Waals surface area contributed by atoms with Crippen molar-refractivity contribution in [1.82, 2.24) is 15.5 Å². The molecule has 120 valence electrons. The Labute approximate surface area is 134 Å². The van der Waals surface area contributed by atoms with E-state index in [4.69, 9.17) is 4.74 Å². The van der Waals surface area contributed by atoms with Crippen LogP contribution in [-0.4, -0.2) is 61.8 Å². The molecule has 0 spiro atoms. The molecular formula is C13H27Cl2N3O2. The van der Waals surface area contributed by atoms with E-state index in [1.165, 1.54) is 0 Å². The molecule has 1 amide bonds. The van der Waals surface area contributed by atoms with Gasteiger partial charge in [0.15, 0.2) is 0 Å². The number of carbonyl (C=O) groups excluding carboxylic acids is 1. The summed E-state index contributed by atoms with van der Waals surface area (Å²) in [5.41, 5.74) is 0. The summed E-state index contributed by atoms with van der Waals surface area (Å²) in [7, 11) is 0. The van der Waals surface area contributed by atoms with Crippen molar-refractivity contribution in [3.8, 4) is 0 Å². The zero-order chi connectivity index (χ0) is 13.0. The first-order valence-corrected chi connectivity index (χ1v) is 7.06. The molecule has 0 aromatic heterocycles. The van der Waals surface area contributed by atoms with E-state index in [0.717, 1.165) is 39.0 Å². The summed E-state index contributed by atoms with van der Waals surface area (Å²) in [5.74, 6) is 0.0623. The van der Waals surface area contributed by atoms with Gasteiger partial charge in [-0.3, -0.25) is 9.69 Å². The molecule has 2 heterocycles. The Hall–Kier alpha value is -0.0700. The molecule has 0 radical (unpaired) electrons. The van der Waals surface area contributed by atoms with Crippen LogP contribution < -0.4 is 10.6 Å². The third-order valence-electron chi connectivity index (χ3n) is 3.86. The van der Waals surface area contributed by atoms with Crippen LogP contribution in [0, 0.1) is 0 Å². The molecule has 3 unspecified atom stereocenters. The highest BCUT2D eigenvalue weighted by atomic mass is 35.5. The van der Waals surface area contributed by atoms with Crippen LogP contribution in [-0.2, 0) is 9.53 Å². The molecule has 2 fully saturated rings. The minimum Gasteiger partial charge on any atom is -0.366 e. The fourth-order valence-corrected chi connectivity index (χ4v) is 2.71. The van der Waals surface area contributed by atoms with E-state index < -0.39 is 0 Å². The molecule has 0 aromatic rings. The smallest absolute Gasteiger partial charge is 0.250 e. The predicted molar refractivity (Wildman–Crippen MR) is 85.0 cm³/mol. The van der Waals surface area contributed by atoms with Crippen LogP contribution in [0.15, 0.2) is 0 Å². The van der Waals surface area contributed by atoms with Gasteiger partial charge in [0, 0.05) is 25.2 Å². The number of nitrogens with zero attached hydrogens (tertiary/aromatic N) is 1. The first-order valence-electron chi connectivity index (χ1n) is 7.06. The number of piperidine rings is 1. The van der Waals surface area contributed by atoms with Gasteiger partial charge >= 0.3 is 0 Å². The number of hydrogen-bond acceptors (Lipinski definition) is 4. The number of likely N-dealkylation sites (N-methyl/N-ethyl adjacent to an activating group) is 1. The summed E-state index contributed by atoms with van der Waals surface area (Å²) in [4.78, 5) is 14.4. The van der Waals surface area contributed by atoms with Crippen molar-refractivity contribution >= 4 is 30.7 Å². The molecule has 2 aliphatic rings. The number of morpholine rings is 1. The van der Waals surface area contributed by atoms with Gasteiger partial charge in [-0.1, -0.05) is 6.92 Å². The Balaban J connectivity index is 0.00000180. The fraction of sp³-hybridized carbons (Fsp3) is 0.923. The van der Waals surface area contributed by atoms with Gasteiger partial charge in [0.1, 0.15) is 6.10 Å². The lowest BCUT2D eigenvalue weighted by molar-refractivity contribution is -0.139. The van der Waals surface area contributed by atoms with Gasteiger partial charge in [0.25, 0.3) is 5.91 Å². The summed E-state index contributed by atoms with van der Waals surface area (Å²) in [6, 6.07) is 0.790. The maximum Gasteiger partial charge on any atom is 0.250 e. The van der Waals surface area contributed by atoms with Crippen LogP contribution in [0.2, 0.25) is 0 Å². The maximum absolute atomic E-state index is 12.2. The molecule has 0 aromatic carbocycles. The Bertz CT molecular complexity index is 295. The number of amides is 1. The Morgan fingerprint density at radius 1 is 1.45 bits per heavy atom. The molecule has 7 heteroatoms. The standard InChI is InChI=1S/C13H25N3O2.2ClH/c1-3-16-6-7-18-12(9-16)13(17)15-11-4-5-14-10(2)8-11;;/h10-12,14H,3-9H2,1-2H3,(H,15,17);2*1H. The van der Waals surface area contributed by atoms with E-state index in [0.29, 0.717) is 18.7 Å². The lowest BCUT2D eigenvalue weighted by Crippen LogP contribution is -2.54. The van der Waals surface area contributed by atoms with Crippen LogP contribution in [0.5, 0.6) is 0 Å². The van der Waals surface area contributed by atoms with Gasteiger partial charge in [0.2, 0.25) is 0 Å². The fourth-order valence-electron chi connectivity index (χ4n) is 2.71. The van der Waals surface area contributed by atoms with Gasteiger partial charge < -0.3 is 15.4 Å². The molecule has 0 bridgehead atoms. The summed E-state index contributed by atoms with van der Waals surface area (Å²) < 4.78 is 5.57. The zero-order valence-electron chi connectivity index (χ0n) is 12.3. The van der Waals surface area contributed by atoms with E-state index in [1.54, 1.807) is 0 Å². The van der Waals surface area contributed by atoms with E-state index >= 15 is 0 Å². The molecule has 0 aliphatic carbocycles. The van der Waals surface area contributed by atoms with E-state index in [1.807, 2.05) is 0 Å². The van der Waals surface area contributed by atoms with E-state index in [9.17, 15) is 4.79 Å². The SMILES string of the molecule is CCN1CCOC(C(=O)NC2CCNC(C)C2)C1.Cl.Cl. The van der Waals surface area contributed by atoms with Crippen LogP contribution in [0.1, 0.15) is 26.7 Å². The first kappa shape index (κ1) is 19.9. The average molecular weight is 328 g/mol. The molecule has 0 saturated carbocycles. The normalized spacial score (nSPS) is 30.8. The van der Waals surface area contributed by atoms with Crippen molar-refractivity contribution in [1.29, 1.82) is 0 Å². The summed E-state index contributed by atoms with van der Waals surface area (Å²) in [6.45, 7) is 8.57. The third-order valence-corrected chi connectivity index (χ3v) is 3.86. The Morgan fingerprint density at radius 3 is 2.85 bits per heavy atom. The highest BCUT2D eigenvalue weighted by Crippen LogP contribution is 2.10. The largest absolute Gasteiger partial charge is 0.366 e. The van der Waals surface area contributed by atoms with Gasteiger partial charge in [-0.25, -0.2) is 0 Å². The first-order chi connectivity index (χ1) is 8.69. The van der Waals surface area contributed by atoms with Crippen molar-refractivity contribution < 1.29 is 9.53 Å². The molecule has 20 heavy (non-hydrogen) atoms. The highest BCUT2D eigenvalue weighted by molar-refractivity contribution is 5.85. The maximum atomic E-state index is 12.2. The van der Waals surface area contributed by atoms with Crippen molar-refractivity contribution in [3.05, 3.63) is 0 Å². The quantitative estimate of drug-likeness (QED) is 0.805. The van der Waals surface area contributed by atoms with Gasteiger partial charge in [-0.05, 0) is 32.9 Å². The number of halogens is 2. The van der Waals surface area contributed by atoms with Crippen molar-refractivity contribution in [3.63, 3.8) is 0 Å². The minimum atomic E-state index is -0.288. The van der Waals surface area contributed by atoms with Crippen LogP contribution in [0.4, 0.5) is 0 Å². The second-order valence-corrected chi connectivity index (χ2v) is 5.34. The second-order valence-electron chi connectivity index (χ2n) is 5.34. The Kier molecular flexibility index (Phi) is 9.76. The van der Waals surface area contributed by atoms with Gasteiger partial charge in [0.05, 0.1) is 6.61 Å². The van der Waals surface area contributed by atoms with E-state index in [2.05, 4.69) is 29.4 Å². The lowest BCUT2D eigenvalue weighted by Gasteiger charge is -2.34. The van der Waals surface area contributed by atoms with E-state index in [-0.39, 0.29) is 36.8 Å². The summed E-state index contributed by atoms with van der Waals surface area (Å²) in [6.07, 6.45) is 1.74.